The molecule has 1 saturated heterocycles. The molecule has 1 aliphatic carbocycles. The largest absolute Gasteiger partial charge is 0.378 e. The lowest BCUT2D eigenvalue weighted by Gasteiger charge is -2.25. The van der Waals surface area contributed by atoms with Crippen molar-refractivity contribution in [3.63, 3.8) is 0 Å². The molecule has 0 aromatic rings. The van der Waals surface area contributed by atoms with E-state index in [1.807, 2.05) is 18.7 Å². The molecule has 2 rings (SSSR count). The lowest BCUT2D eigenvalue weighted by molar-refractivity contribution is 0.0177. The normalized spacial score (nSPS) is 20.3. The number of aliphatic imine (C=N–C) groups is 1. The monoisotopic (exact) mass is 562 g/mol. The topological polar surface area (TPSA) is 83.0 Å². The third-order valence-corrected chi connectivity index (χ3v) is 8.16. The number of halogens is 1. The molecule has 0 bridgehead atoms. The zero-order chi connectivity index (χ0) is 20.2. The van der Waals surface area contributed by atoms with Gasteiger partial charge in [-0.3, -0.25) is 4.99 Å². The average Bonchev–Trinajstić information content (AvgIpc) is 3.22. The first kappa shape index (κ1) is 27.3. The molecule has 7 nitrogen and oxygen atoms in total. The number of guanidine groups is 1. The van der Waals surface area contributed by atoms with Gasteiger partial charge in [0.1, 0.15) is 0 Å². The third kappa shape index (κ3) is 9.92. The van der Waals surface area contributed by atoms with E-state index in [9.17, 15) is 8.42 Å². The first-order valence-corrected chi connectivity index (χ1v) is 13.5. The van der Waals surface area contributed by atoms with E-state index in [1.54, 1.807) is 4.31 Å². The van der Waals surface area contributed by atoms with Gasteiger partial charge in [0.05, 0.1) is 11.9 Å². The minimum absolute atomic E-state index is 0. The number of thioether (sulfide) groups is 1. The summed E-state index contributed by atoms with van der Waals surface area (Å²) in [6.45, 7) is 7.87. The first-order chi connectivity index (χ1) is 13.6. The third-order valence-electron chi connectivity index (χ3n) is 5.35. The summed E-state index contributed by atoms with van der Waals surface area (Å²) in [6.07, 6.45) is 6.35. The predicted molar refractivity (Wildman–Crippen MR) is 134 cm³/mol. The van der Waals surface area contributed by atoms with Crippen LogP contribution in [0.2, 0.25) is 0 Å². The SMILES string of the molecule is CCNC(=NCCC(OCC)C1CCCC1)NCCS(=O)(=O)N1CCSCC1.I. The first-order valence-electron chi connectivity index (χ1n) is 10.8. The molecule has 29 heavy (non-hydrogen) atoms. The Morgan fingerprint density at radius 3 is 2.52 bits per heavy atom. The van der Waals surface area contributed by atoms with Crippen molar-refractivity contribution in [1.82, 2.24) is 14.9 Å². The van der Waals surface area contributed by atoms with Crippen LogP contribution in [0.15, 0.2) is 4.99 Å². The summed E-state index contributed by atoms with van der Waals surface area (Å²) in [5, 5.41) is 6.39. The Kier molecular flexibility index (Phi) is 14.2. The molecule has 172 valence electrons. The average molecular weight is 563 g/mol. The van der Waals surface area contributed by atoms with Crippen LogP contribution >= 0.6 is 35.7 Å². The quantitative estimate of drug-likeness (QED) is 0.229. The Labute approximate surface area is 198 Å². The fourth-order valence-corrected chi connectivity index (χ4v) is 6.39. The molecule has 1 saturated carbocycles. The molecule has 1 aliphatic heterocycles. The Hall–Kier alpha value is 0.220. The van der Waals surface area contributed by atoms with Crippen LogP contribution in [0, 0.1) is 5.92 Å². The fourth-order valence-electron chi connectivity index (χ4n) is 3.90. The predicted octanol–water partition coefficient (Wildman–Crippen LogP) is 2.52. The van der Waals surface area contributed by atoms with Crippen LogP contribution in [-0.2, 0) is 14.8 Å². The summed E-state index contributed by atoms with van der Waals surface area (Å²) in [5.41, 5.74) is 0. The maximum Gasteiger partial charge on any atom is 0.215 e. The molecule has 1 atom stereocenters. The van der Waals surface area contributed by atoms with Crippen LogP contribution in [0.3, 0.4) is 0 Å². The van der Waals surface area contributed by atoms with Gasteiger partial charge in [0.25, 0.3) is 0 Å². The van der Waals surface area contributed by atoms with Gasteiger partial charge in [-0.2, -0.15) is 11.8 Å². The van der Waals surface area contributed by atoms with E-state index in [4.69, 9.17) is 4.74 Å². The van der Waals surface area contributed by atoms with Crippen LogP contribution in [-0.4, -0.2) is 81.4 Å². The highest BCUT2D eigenvalue weighted by Crippen LogP contribution is 2.30. The number of sulfonamides is 1. The summed E-state index contributed by atoms with van der Waals surface area (Å²) >= 11 is 1.81. The van der Waals surface area contributed by atoms with Crippen LogP contribution in [0.5, 0.6) is 0 Å². The summed E-state index contributed by atoms with van der Waals surface area (Å²) in [6, 6.07) is 0. The zero-order valence-electron chi connectivity index (χ0n) is 17.9. The van der Waals surface area contributed by atoms with Gasteiger partial charge < -0.3 is 15.4 Å². The highest BCUT2D eigenvalue weighted by Gasteiger charge is 2.25. The van der Waals surface area contributed by atoms with Gasteiger partial charge in [-0.1, -0.05) is 12.8 Å². The van der Waals surface area contributed by atoms with Crippen LogP contribution < -0.4 is 10.6 Å². The molecular formula is C19H39IN4O3S2. The lowest BCUT2D eigenvalue weighted by atomic mass is 9.98. The minimum atomic E-state index is -3.19. The maximum absolute atomic E-state index is 12.4. The van der Waals surface area contributed by atoms with Gasteiger partial charge in [-0.25, -0.2) is 12.7 Å². The van der Waals surface area contributed by atoms with E-state index in [0.29, 0.717) is 38.1 Å². The van der Waals surface area contributed by atoms with Crippen molar-refractivity contribution >= 4 is 51.7 Å². The van der Waals surface area contributed by atoms with Gasteiger partial charge in [-0.05, 0) is 39.0 Å². The van der Waals surface area contributed by atoms with E-state index in [1.165, 1.54) is 25.7 Å². The van der Waals surface area contributed by atoms with Crippen LogP contribution in [0.25, 0.3) is 0 Å². The van der Waals surface area contributed by atoms with Crippen molar-refractivity contribution in [1.29, 1.82) is 0 Å². The Bertz CT molecular complexity index is 566. The minimum Gasteiger partial charge on any atom is -0.378 e. The molecular weight excluding hydrogens is 523 g/mol. The molecule has 10 heteroatoms. The van der Waals surface area contributed by atoms with Gasteiger partial charge in [0, 0.05) is 50.8 Å². The fraction of sp³-hybridized carbons (Fsp3) is 0.947. The molecule has 0 radical (unpaired) electrons. The van der Waals surface area contributed by atoms with Crippen molar-refractivity contribution in [2.75, 3.05) is 56.6 Å². The number of rotatable bonds is 11. The van der Waals surface area contributed by atoms with Crippen LogP contribution in [0.1, 0.15) is 46.0 Å². The van der Waals surface area contributed by atoms with Crippen molar-refractivity contribution in [2.24, 2.45) is 10.9 Å². The highest BCUT2D eigenvalue weighted by atomic mass is 127. The lowest BCUT2D eigenvalue weighted by Crippen LogP contribution is -2.44. The molecule has 0 spiro atoms. The molecule has 2 fully saturated rings. The summed E-state index contributed by atoms with van der Waals surface area (Å²) in [7, 11) is -3.19. The Morgan fingerprint density at radius 1 is 1.21 bits per heavy atom. The van der Waals surface area contributed by atoms with Gasteiger partial charge >= 0.3 is 0 Å². The Morgan fingerprint density at radius 2 is 1.90 bits per heavy atom. The molecule has 2 N–H and O–H groups in total. The van der Waals surface area contributed by atoms with E-state index in [2.05, 4.69) is 22.5 Å². The van der Waals surface area contributed by atoms with E-state index in [0.717, 1.165) is 31.1 Å². The second kappa shape index (κ2) is 15.1. The second-order valence-corrected chi connectivity index (χ2v) is 10.7. The van der Waals surface area contributed by atoms with E-state index < -0.39 is 10.0 Å². The molecule has 1 unspecified atom stereocenters. The van der Waals surface area contributed by atoms with Gasteiger partial charge in [0.2, 0.25) is 10.0 Å². The van der Waals surface area contributed by atoms with Crippen LogP contribution in [0.4, 0.5) is 0 Å². The molecule has 2 aliphatic rings. The highest BCUT2D eigenvalue weighted by molar-refractivity contribution is 14.0. The second-order valence-electron chi connectivity index (χ2n) is 7.34. The molecule has 0 aromatic carbocycles. The van der Waals surface area contributed by atoms with E-state index >= 15 is 0 Å². The van der Waals surface area contributed by atoms with Gasteiger partial charge in [0.15, 0.2) is 5.96 Å². The number of hydrogen-bond acceptors (Lipinski definition) is 5. The van der Waals surface area contributed by atoms with Gasteiger partial charge in [-0.15, -0.1) is 24.0 Å². The maximum atomic E-state index is 12.4. The number of nitrogens with one attached hydrogen (secondary N) is 2. The van der Waals surface area contributed by atoms with Crippen molar-refractivity contribution in [3.8, 4) is 0 Å². The number of hydrogen-bond donors (Lipinski definition) is 2. The smallest absolute Gasteiger partial charge is 0.215 e. The van der Waals surface area contributed by atoms with Crippen molar-refractivity contribution in [2.45, 2.75) is 52.1 Å². The van der Waals surface area contributed by atoms with Crippen molar-refractivity contribution < 1.29 is 13.2 Å². The zero-order valence-corrected chi connectivity index (χ0v) is 21.9. The molecule has 0 aromatic heterocycles. The number of ether oxygens (including phenoxy) is 1. The summed E-state index contributed by atoms with van der Waals surface area (Å²) in [5.74, 6) is 3.23. The Balaban J connectivity index is 0.00000420. The van der Waals surface area contributed by atoms with Crippen molar-refractivity contribution in [3.05, 3.63) is 0 Å². The summed E-state index contributed by atoms with van der Waals surface area (Å²) < 4.78 is 32.5. The van der Waals surface area contributed by atoms with E-state index in [-0.39, 0.29) is 35.8 Å². The molecule has 0 amide bonds. The standard InChI is InChI=1S/C19H38N4O3S2.HI/c1-3-20-19(21-10-9-18(26-4-2)17-7-5-6-8-17)22-11-16-28(24,25)23-12-14-27-15-13-23;/h17-18H,3-16H2,1-2H3,(H2,20,21,22);1H. The summed E-state index contributed by atoms with van der Waals surface area (Å²) in [4.78, 5) is 4.64. The molecule has 1 heterocycles. The number of nitrogens with zero attached hydrogens (tertiary/aromatic N) is 2.